The third-order valence-corrected chi connectivity index (χ3v) is 3.29. The molecule has 16 heavy (non-hydrogen) atoms. The Morgan fingerprint density at radius 2 is 2.44 bits per heavy atom. The third-order valence-electron chi connectivity index (χ3n) is 3.29. The molecule has 0 heterocycles. The van der Waals surface area contributed by atoms with Gasteiger partial charge in [-0.15, -0.1) is 12.3 Å². The number of amides is 1. The summed E-state index contributed by atoms with van der Waals surface area (Å²) in [5.74, 6) is 3.04. The molecule has 1 aliphatic rings. The molecule has 3 nitrogen and oxygen atoms in total. The van der Waals surface area contributed by atoms with Gasteiger partial charge in [-0.3, -0.25) is 4.79 Å². The monoisotopic (exact) mass is 222 g/mol. The SMILES string of the molecule is C#CCC(C)NC(=O)C1(N)CCCC(C)C1. The summed E-state index contributed by atoms with van der Waals surface area (Å²) in [6, 6.07) is 0.00941. The molecule has 0 aliphatic heterocycles. The molecule has 0 aromatic rings. The summed E-state index contributed by atoms with van der Waals surface area (Å²) in [4.78, 5) is 12.0. The van der Waals surface area contributed by atoms with Crippen molar-refractivity contribution in [2.24, 2.45) is 11.7 Å². The minimum absolute atomic E-state index is 0.00941. The number of terminal acetylenes is 1. The van der Waals surface area contributed by atoms with Gasteiger partial charge in [0.05, 0.1) is 5.54 Å². The first-order valence-electron chi connectivity index (χ1n) is 6.01. The van der Waals surface area contributed by atoms with Crippen LogP contribution in [-0.4, -0.2) is 17.5 Å². The van der Waals surface area contributed by atoms with Gasteiger partial charge in [0.25, 0.3) is 0 Å². The van der Waals surface area contributed by atoms with Crippen molar-refractivity contribution in [1.29, 1.82) is 0 Å². The van der Waals surface area contributed by atoms with Gasteiger partial charge in [-0.2, -0.15) is 0 Å². The Labute approximate surface area is 98.2 Å². The van der Waals surface area contributed by atoms with E-state index in [1.807, 2.05) is 6.92 Å². The van der Waals surface area contributed by atoms with Crippen LogP contribution in [0.2, 0.25) is 0 Å². The van der Waals surface area contributed by atoms with Crippen molar-refractivity contribution in [2.45, 2.75) is 57.5 Å². The van der Waals surface area contributed by atoms with Gasteiger partial charge < -0.3 is 11.1 Å². The maximum atomic E-state index is 12.0. The van der Waals surface area contributed by atoms with Crippen LogP contribution in [0.15, 0.2) is 0 Å². The number of carbonyl (C=O) groups excluding carboxylic acids is 1. The fourth-order valence-corrected chi connectivity index (χ4v) is 2.39. The van der Waals surface area contributed by atoms with Gasteiger partial charge in [0, 0.05) is 12.5 Å². The highest BCUT2D eigenvalue weighted by Gasteiger charge is 2.38. The van der Waals surface area contributed by atoms with Gasteiger partial charge in [0.15, 0.2) is 0 Å². The summed E-state index contributed by atoms with van der Waals surface area (Å²) in [6.07, 6.45) is 9.53. The Morgan fingerprint density at radius 1 is 1.75 bits per heavy atom. The van der Waals surface area contributed by atoms with Gasteiger partial charge in [0.1, 0.15) is 0 Å². The summed E-state index contributed by atoms with van der Waals surface area (Å²) in [6.45, 7) is 4.06. The zero-order valence-electron chi connectivity index (χ0n) is 10.3. The molecule has 90 valence electrons. The highest BCUT2D eigenvalue weighted by Crippen LogP contribution is 2.30. The molecule has 0 bridgehead atoms. The molecule has 3 heteroatoms. The Hall–Kier alpha value is -1.01. The van der Waals surface area contributed by atoms with Crippen molar-refractivity contribution in [1.82, 2.24) is 5.32 Å². The summed E-state index contributed by atoms with van der Waals surface area (Å²) < 4.78 is 0. The number of carbonyl (C=O) groups is 1. The summed E-state index contributed by atoms with van der Waals surface area (Å²) in [5, 5.41) is 2.91. The van der Waals surface area contributed by atoms with Gasteiger partial charge in [-0.05, 0) is 25.7 Å². The normalized spacial score (nSPS) is 31.5. The molecule has 1 rings (SSSR count). The molecule has 0 aromatic heterocycles. The first-order chi connectivity index (χ1) is 7.48. The van der Waals surface area contributed by atoms with E-state index < -0.39 is 5.54 Å². The van der Waals surface area contributed by atoms with E-state index in [9.17, 15) is 4.79 Å². The van der Waals surface area contributed by atoms with Crippen LogP contribution < -0.4 is 11.1 Å². The highest BCUT2D eigenvalue weighted by atomic mass is 16.2. The first kappa shape index (κ1) is 13.1. The van der Waals surface area contributed by atoms with Crippen LogP contribution >= 0.6 is 0 Å². The molecule has 0 spiro atoms. The zero-order valence-corrected chi connectivity index (χ0v) is 10.3. The molecule has 3 N–H and O–H groups in total. The second-order valence-electron chi connectivity index (χ2n) is 5.14. The van der Waals surface area contributed by atoms with Crippen LogP contribution in [0.4, 0.5) is 0 Å². The number of nitrogens with two attached hydrogens (primary N) is 1. The summed E-state index contributed by atoms with van der Waals surface area (Å²) in [7, 11) is 0. The van der Waals surface area contributed by atoms with Crippen molar-refractivity contribution in [3.8, 4) is 12.3 Å². The number of hydrogen-bond acceptors (Lipinski definition) is 2. The van der Waals surface area contributed by atoms with E-state index in [0.29, 0.717) is 12.3 Å². The molecule has 3 atom stereocenters. The van der Waals surface area contributed by atoms with Crippen molar-refractivity contribution in [3.05, 3.63) is 0 Å². The Kier molecular flexibility index (Phi) is 4.37. The fraction of sp³-hybridized carbons (Fsp3) is 0.769. The van der Waals surface area contributed by atoms with E-state index in [2.05, 4.69) is 18.2 Å². The molecule has 1 saturated carbocycles. The van der Waals surface area contributed by atoms with E-state index in [-0.39, 0.29) is 11.9 Å². The molecule has 0 saturated heterocycles. The number of rotatable bonds is 3. The molecule has 0 aromatic carbocycles. The second-order valence-corrected chi connectivity index (χ2v) is 5.14. The zero-order chi connectivity index (χ0) is 12.2. The predicted molar refractivity (Wildman–Crippen MR) is 65.6 cm³/mol. The standard InChI is InChI=1S/C13H22N2O/c1-4-6-11(3)15-12(16)13(14)8-5-7-10(2)9-13/h1,10-11H,5-9,14H2,2-3H3,(H,15,16). The van der Waals surface area contributed by atoms with E-state index >= 15 is 0 Å². The molecular weight excluding hydrogens is 200 g/mol. The van der Waals surface area contributed by atoms with Crippen LogP contribution in [0.3, 0.4) is 0 Å². The summed E-state index contributed by atoms with van der Waals surface area (Å²) in [5.41, 5.74) is 5.49. The largest absolute Gasteiger partial charge is 0.351 e. The van der Waals surface area contributed by atoms with E-state index in [1.54, 1.807) is 0 Å². The minimum Gasteiger partial charge on any atom is -0.351 e. The Morgan fingerprint density at radius 3 is 3.00 bits per heavy atom. The van der Waals surface area contributed by atoms with Crippen LogP contribution in [0, 0.1) is 18.3 Å². The van der Waals surface area contributed by atoms with Crippen molar-refractivity contribution >= 4 is 5.91 Å². The third kappa shape index (κ3) is 3.24. The molecule has 3 unspecified atom stereocenters. The number of nitrogens with one attached hydrogen (secondary N) is 1. The molecule has 0 radical (unpaired) electrons. The second kappa shape index (κ2) is 5.36. The topological polar surface area (TPSA) is 55.1 Å². The van der Waals surface area contributed by atoms with Crippen molar-refractivity contribution in [2.75, 3.05) is 0 Å². The van der Waals surface area contributed by atoms with Crippen molar-refractivity contribution < 1.29 is 4.79 Å². The lowest BCUT2D eigenvalue weighted by atomic mass is 9.76. The molecule has 1 fully saturated rings. The summed E-state index contributed by atoms with van der Waals surface area (Å²) >= 11 is 0. The van der Waals surface area contributed by atoms with E-state index in [4.69, 9.17) is 12.2 Å². The average molecular weight is 222 g/mol. The highest BCUT2D eigenvalue weighted by molar-refractivity contribution is 5.86. The van der Waals surface area contributed by atoms with Crippen LogP contribution in [0.25, 0.3) is 0 Å². The Bertz CT molecular complexity index is 295. The lowest BCUT2D eigenvalue weighted by Gasteiger charge is -2.36. The molecular formula is C13H22N2O. The maximum Gasteiger partial charge on any atom is 0.240 e. The predicted octanol–water partition coefficient (Wildman–Crippen LogP) is 1.42. The lowest BCUT2D eigenvalue weighted by molar-refractivity contribution is -0.128. The smallest absolute Gasteiger partial charge is 0.240 e. The molecule has 1 amide bonds. The van der Waals surface area contributed by atoms with Gasteiger partial charge in [-0.1, -0.05) is 19.8 Å². The maximum absolute atomic E-state index is 12.0. The minimum atomic E-state index is -0.680. The molecule has 1 aliphatic carbocycles. The Balaban J connectivity index is 2.55. The quantitative estimate of drug-likeness (QED) is 0.710. The van der Waals surface area contributed by atoms with Crippen LogP contribution in [0.1, 0.15) is 46.0 Å². The van der Waals surface area contributed by atoms with Crippen molar-refractivity contribution in [3.63, 3.8) is 0 Å². The van der Waals surface area contributed by atoms with Gasteiger partial charge in [0.2, 0.25) is 5.91 Å². The number of hydrogen-bond donors (Lipinski definition) is 2. The fourth-order valence-electron chi connectivity index (χ4n) is 2.39. The van der Waals surface area contributed by atoms with Gasteiger partial charge in [-0.25, -0.2) is 0 Å². The van der Waals surface area contributed by atoms with E-state index in [1.165, 1.54) is 6.42 Å². The van der Waals surface area contributed by atoms with Crippen LogP contribution in [0.5, 0.6) is 0 Å². The van der Waals surface area contributed by atoms with Crippen LogP contribution in [-0.2, 0) is 4.79 Å². The van der Waals surface area contributed by atoms with Gasteiger partial charge >= 0.3 is 0 Å². The van der Waals surface area contributed by atoms with E-state index in [0.717, 1.165) is 19.3 Å². The lowest BCUT2D eigenvalue weighted by Crippen LogP contribution is -2.57. The average Bonchev–Trinajstić information content (AvgIpc) is 2.17. The first-order valence-corrected chi connectivity index (χ1v) is 6.01.